The first kappa shape index (κ1) is 61.4. The second-order valence-electron chi connectivity index (χ2n) is 21.9. The Morgan fingerprint density at radius 2 is 0.714 bits per heavy atom. The van der Waals surface area contributed by atoms with E-state index in [0.717, 1.165) is 169 Å². The number of nitrogens with one attached hydrogen (secondary N) is 4. The molecule has 4 aliphatic rings. The molecule has 0 saturated carbocycles. The van der Waals surface area contributed by atoms with Crippen molar-refractivity contribution >= 4 is 0 Å². The molecule has 4 saturated heterocycles. The molecule has 0 aliphatic carbocycles. The van der Waals surface area contributed by atoms with E-state index in [-0.39, 0.29) is 0 Å². The molecule has 4 N–H and O–H groups in total. The fourth-order valence-electron chi connectivity index (χ4n) is 11.6. The second kappa shape index (κ2) is 27.3. The van der Waals surface area contributed by atoms with Crippen molar-refractivity contribution in [2.24, 2.45) is 28.2 Å². The van der Waals surface area contributed by atoms with E-state index in [2.05, 4.69) is 41.2 Å². The van der Waals surface area contributed by atoms with Crippen molar-refractivity contribution < 1.29 is 43.9 Å². The molecule has 0 spiro atoms. The Balaban J connectivity index is 0.000000134. The normalized spacial score (nSPS) is 16.7. The third-order valence-electron chi connectivity index (χ3n) is 16.0. The van der Waals surface area contributed by atoms with E-state index in [0.29, 0.717) is 57.3 Å². The first-order valence-electron chi connectivity index (χ1n) is 28.4. The molecule has 448 valence electrons. The molecule has 4 fully saturated rings. The van der Waals surface area contributed by atoms with Crippen LogP contribution in [0.3, 0.4) is 0 Å². The van der Waals surface area contributed by atoms with Crippen LogP contribution in [0.25, 0.3) is 45.0 Å². The van der Waals surface area contributed by atoms with Gasteiger partial charge in [-0.25, -0.2) is 37.5 Å². The summed E-state index contributed by atoms with van der Waals surface area (Å²) in [6, 6.07) is 17.8. The molecule has 8 heterocycles. The Labute approximate surface area is 482 Å². The van der Waals surface area contributed by atoms with Crippen molar-refractivity contribution in [1.82, 2.24) is 59.5 Å². The summed E-state index contributed by atoms with van der Waals surface area (Å²) in [6.07, 6.45) is 6.57. The van der Waals surface area contributed by atoms with Gasteiger partial charge in [-0.15, -0.1) is 0 Å². The lowest BCUT2D eigenvalue weighted by Crippen LogP contribution is -2.27. The van der Waals surface area contributed by atoms with Crippen molar-refractivity contribution in [3.05, 3.63) is 167 Å². The molecule has 0 atom stereocenters. The van der Waals surface area contributed by atoms with Crippen molar-refractivity contribution in [3.63, 3.8) is 0 Å². The Kier molecular flexibility index (Phi) is 19.9. The van der Waals surface area contributed by atoms with Gasteiger partial charge in [0.05, 0.1) is 46.3 Å². The minimum atomic E-state index is -4.33. The van der Waals surface area contributed by atoms with Crippen LogP contribution in [0.4, 0.5) is 43.9 Å². The highest BCUT2D eigenvalue weighted by molar-refractivity contribution is 5.63. The third-order valence-corrected chi connectivity index (χ3v) is 16.0. The predicted octanol–water partition coefficient (Wildman–Crippen LogP) is 12.8. The molecular formula is C62H70F10N12. The molecule has 22 heteroatoms. The van der Waals surface area contributed by atoms with E-state index >= 15 is 0 Å². The molecule has 0 unspecified atom stereocenters. The molecule has 0 amide bonds. The fraction of sp³-hybridized carbons (Fsp3) is 0.419. The summed E-state index contributed by atoms with van der Waals surface area (Å²) in [7, 11) is 7.62. The molecule has 12 nitrogen and oxygen atoms in total. The van der Waals surface area contributed by atoms with Gasteiger partial charge in [-0.2, -0.15) is 26.3 Å². The summed E-state index contributed by atoms with van der Waals surface area (Å²) in [4.78, 5) is 18.1. The molecule has 4 aliphatic heterocycles. The number of imidazole rings is 4. The fourth-order valence-corrected chi connectivity index (χ4v) is 11.6. The highest BCUT2D eigenvalue weighted by Gasteiger charge is 2.33. The summed E-state index contributed by atoms with van der Waals surface area (Å²) < 4.78 is 138. The van der Waals surface area contributed by atoms with Crippen LogP contribution >= 0.6 is 0 Å². The largest absolute Gasteiger partial charge is 0.416 e. The second-order valence-corrected chi connectivity index (χ2v) is 21.9. The van der Waals surface area contributed by atoms with Gasteiger partial charge >= 0.3 is 12.4 Å². The zero-order chi connectivity index (χ0) is 59.7. The zero-order valence-corrected chi connectivity index (χ0v) is 47.4. The first-order valence-corrected chi connectivity index (χ1v) is 28.4. The topological polar surface area (TPSA) is 119 Å². The molecular weight excluding hydrogens is 1100 g/mol. The molecule has 12 rings (SSSR count). The number of halogens is 10. The van der Waals surface area contributed by atoms with E-state index in [1.807, 2.05) is 58.9 Å². The van der Waals surface area contributed by atoms with Crippen molar-refractivity contribution in [2.45, 2.75) is 87.4 Å². The average Bonchev–Trinajstić information content (AvgIpc) is 4.49. The van der Waals surface area contributed by atoms with Crippen LogP contribution in [0.1, 0.15) is 109 Å². The van der Waals surface area contributed by atoms with Crippen LogP contribution in [-0.4, -0.2) is 90.6 Å². The van der Waals surface area contributed by atoms with E-state index in [1.165, 1.54) is 42.5 Å². The van der Waals surface area contributed by atoms with Gasteiger partial charge in [0, 0.05) is 98.6 Å². The number of piperidine rings is 4. The molecule has 0 radical (unpaired) electrons. The van der Waals surface area contributed by atoms with Crippen LogP contribution < -0.4 is 21.3 Å². The van der Waals surface area contributed by atoms with Gasteiger partial charge in [0.2, 0.25) is 0 Å². The van der Waals surface area contributed by atoms with Crippen LogP contribution in [0.2, 0.25) is 0 Å². The lowest BCUT2D eigenvalue weighted by Gasteiger charge is -2.22. The van der Waals surface area contributed by atoms with Crippen molar-refractivity contribution in [1.29, 1.82) is 0 Å². The smallest absolute Gasteiger partial charge is 0.337 e. The van der Waals surface area contributed by atoms with E-state index in [4.69, 9.17) is 0 Å². The molecule has 84 heavy (non-hydrogen) atoms. The minimum absolute atomic E-state index is 0.366. The van der Waals surface area contributed by atoms with Gasteiger partial charge in [0.25, 0.3) is 0 Å². The lowest BCUT2D eigenvalue weighted by molar-refractivity contribution is -0.138. The summed E-state index contributed by atoms with van der Waals surface area (Å²) in [5.74, 6) is 3.16. The monoisotopic (exact) mass is 1170 g/mol. The van der Waals surface area contributed by atoms with Crippen LogP contribution in [0.15, 0.2) is 110 Å². The maximum atomic E-state index is 13.3. The number of alkyl halides is 6. The summed E-state index contributed by atoms with van der Waals surface area (Å²) in [5.41, 5.74) is 3.48. The summed E-state index contributed by atoms with van der Waals surface area (Å²) in [6.45, 7) is 7.77. The molecule has 4 aromatic heterocycles. The van der Waals surface area contributed by atoms with Gasteiger partial charge in [0.1, 0.15) is 46.6 Å². The maximum absolute atomic E-state index is 13.3. The highest BCUT2D eigenvalue weighted by Crippen LogP contribution is 2.36. The van der Waals surface area contributed by atoms with Crippen molar-refractivity contribution in [3.8, 4) is 45.0 Å². The Bertz CT molecular complexity index is 3370. The van der Waals surface area contributed by atoms with E-state index < -0.39 is 46.7 Å². The van der Waals surface area contributed by atoms with Gasteiger partial charge < -0.3 is 39.5 Å². The number of aryl methyl sites for hydroxylation is 2. The number of aromatic nitrogens is 8. The maximum Gasteiger partial charge on any atom is 0.416 e. The van der Waals surface area contributed by atoms with Gasteiger partial charge in [-0.1, -0.05) is 24.3 Å². The quantitative estimate of drug-likeness (QED) is 0.111. The van der Waals surface area contributed by atoms with Gasteiger partial charge in [-0.05, 0) is 152 Å². The van der Waals surface area contributed by atoms with E-state index in [9.17, 15) is 43.9 Å². The third kappa shape index (κ3) is 15.4. The van der Waals surface area contributed by atoms with Crippen LogP contribution in [-0.2, 0) is 40.5 Å². The molecule has 0 bridgehead atoms. The van der Waals surface area contributed by atoms with Gasteiger partial charge in [0.15, 0.2) is 0 Å². The minimum Gasteiger partial charge on any atom is -0.337 e. The van der Waals surface area contributed by atoms with Crippen molar-refractivity contribution in [2.75, 3.05) is 52.4 Å². The number of benzene rings is 4. The number of nitrogens with zero attached hydrogens (tertiary/aromatic N) is 8. The standard InChI is InChI=1S/2C16H18F3N3.2C15H17F2N3/c1-22-10-14(21-15(22)11-5-7-20-8-6-11)12-3-2-4-13(9-12)16(17,18)19;1-22-14(10-21-15(22)11-5-7-20-8-6-11)12-3-2-4-13(9-12)16(17,18)19;1-20-9-14(11-6-12(16)8-13(17)7-11)19-15(20)10-2-4-18-5-3-10;1-20-14(11-6-12(16)8-13(17)7-11)9-19-15(20)10-2-4-18-5-3-10/h2*2-4,9-11,20H,5-8H2,1H3;2*6-10,18H,2-5H2,1H3. The predicted molar refractivity (Wildman–Crippen MR) is 304 cm³/mol. The highest BCUT2D eigenvalue weighted by atomic mass is 19.4. The lowest BCUT2D eigenvalue weighted by atomic mass is 9.97. The zero-order valence-electron chi connectivity index (χ0n) is 47.4. The Morgan fingerprint density at radius 3 is 1.10 bits per heavy atom. The van der Waals surface area contributed by atoms with Crippen LogP contribution in [0, 0.1) is 23.3 Å². The number of hydrogen-bond acceptors (Lipinski definition) is 8. The molecule has 8 aromatic rings. The number of hydrogen-bond donors (Lipinski definition) is 4. The number of rotatable bonds is 8. The summed E-state index contributed by atoms with van der Waals surface area (Å²) in [5, 5.41) is 13.3. The Morgan fingerprint density at radius 1 is 0.393 bits per heavy atom. The Hall–Kier alpha value is -7.14. The molecule has 4 aromatic carbocycles. The summed E-state index contributed by atoms with van der Waals surface area (Å²) >= 11 is 0. The average molecular weight is 1170 g/mol. The first-order chi connectivity index (χ1) is 40.2. The SMILES string of the molecule is Cn1c(-c2cc(F)cc(F)c2)cnc1C1CCNCC1.Cn1c(-c2cccc(C(F)(F)F)c2)cnc1C1CCNCC1.Cn1cc(-c2cc(F)cc(F)c2)nc1C1CCNCC1.Cn1cc(-c2cccc(C(F)(F)F)c2)nc1C1CCNCC1. The van der Waals surface area contributed by atoms with Crippen LogP contribution in [0.5, 0.6) is 0 Å². The van der Waals surface area contributed by atoms with E-state index in [1.54, 1.807) is 24.5 Å². The van der Waals surface area contributed by atoms with Gasteiger partial charge in [-0.3, -0.25) is 0 Å².